The van der Waals surface area contributed by atoms with E-state index in [1.165, 1.54) is 27.5 Å². The molecule has 0 saturated heterocycles. The molecule has 9 nitrogen and oxygen atoms in total. The molecule has 0 aliphatic heterocycles. The summed E-state index contributed by atoms with van der Waals surface area (Å²) in [6.07, 6.45) is 1.32. The number of hydrazone groups is 1. The van der Waals surface area contributed by atoms with Crippen LogP contribution in [0.25, 0.3) is 0 Å². The number of carboxylic acid groups (broad SMARTS) is 2. The van der Waals surface area contributed by atoms with Crippen molar-refractivity contribution in [1.82, 2.24) is 5.01 Å². The minimum absolute atomic E-state index is 0.399. The fourth-order valence-corrected chi connectivity index (χ4v) is 1.77. The van der Waals surface area contributed by atoms with E-state index in [2.05, 4.69) is 5.10 Å². The number of ether oxygens (including phenoxy) is 3. The number of carboxylic acids is 2. The third-order valence-corrected chi connectivity index (χ3v) is 2.69. The van der Waals surface area contributed by atoms with Gasteiger partial charge in [-0.1, -0.05) is 0 Å². The van der Waals surface area contributed by atoms with E-state index < -0.39 is 25.0 Å². The van der Waals surface area contributed by atoms with Crippen LogP contribution >= 0.6 is 0 Å². The zero-order valence-corrected chi connectivity index (χ0v) is 13.0. The Morgan fingerprint density at radius 3 is 1.87 bits per heavy atom. The van der Waals surface area contributed by atoms with Gasteiger partial charge in [-0.15, -0.1) is 0 Å². The first-order valence-electron chi connectivity index (χ1n) is 6.43. The predicted octanol–water partition coefficient (Wildman–Crippen LogP) is 0.518. The lowest BCUT2D eigenvalue weighted by molar-refractivity contribution is -0.141. The minimum atomic E-state index is -1.19. The zero-order valence-electron chi connectivity index (χ0n) is 13.0. The van der Waals surface area contributed by atoms with Crippen LogP contribution < -0.4 is 14.2 Å². The molecule has 1 aromatic carbocycles. The first kappa shape index (κ1) is 18.1. The van der Waals surface area contributed by atoms with Gasteiger partial charge in [-0.25, -0.2) is 0 Å². The van der Waals surface area contributed by atoms with Gasteiger partial charge in [0.1, 0.15) is 13.1 Å². The molecule has 0 aliphatic carbocycles. The quantitative estimate of drug-likeness (QED) is 0.498. The highest BCUT2D eigenvalue weighted by atomic mass is 16.5. The van der Waals surface area contributed by atoms with E-state index in [1.807, 2.05) is 0 Å². The number of aliphatic carboxylic acids is 2. The summed E-state index contributed by atoms with van der Waals surface area (Å²) in [5, 5.41) is 22.3. The number of nitrogens with zero attached hydrogens (tertiary/aromatic N) is 2. The van der Waals surface area contributed by atoms with Gasteiger partial charge >= 0.3 is 11.9 Å². The van der Waals surface area contributed by atoms with Gasteiger partial charge in [0, 0.05) is 5.56 Å². The van der Waals surface area contributed by atoms with E-state index in [-0.39, 0.29) is 0 Å². The van der Waals surface area contributed by atoms with Crippen molar-refractivity contribution in [2.75, 3.05) is 34.4 Å². The van der Waals surface area contributed by atoms with Crippen LogP contribution in [0.5, 0.6) is 17.2 Å². The summed E-state index contributed by atoms with van der Waals surface area (Å²) in [6, 6.07) is 3.20. The number of rotatable bonds is 9. The van der Waals surface area contributed by atoms with Crippen LogP contribution in [0.2, 0.25) is 0 Å². The molecule has 126 valence electrons. The molecule has 9 heteroatoms. The van der Waals surface area contributed by atoms with Crippen molar-refractivity contribution in [1.29, 1.82) is 0 Å². The van der Waals surface area contributed by atoms with Gasteiger partial charge in [0.25, 0.3) is 0 Å². The van der Waals surface area contributed by atoms with Crippen molar-refractivity contribution < 1.29 is 34.0 Å². The molecular weight excluding hydrogens is 308 g/mol. The van der Waals surface area contributed by atoms with E-state index in [4.69, 9.17) is 24.4 Å². The van der Waals surface area contributed by atoms with Gasteiger partial charge in [0.2, 0.25) is 5.75 Å². The maximum Gasteiger partial charge on any atom is 0.324 e. The molecule has 0 unspecified atom stereocenters. The molecule has 1 aromatic rings. The van der Waals surface area contributed by atoms with Crippen LogP contribution in [0.4, 0.5) is 0 Å². The van der Waals surface area contributed by atoms with Gasteiger partial charge in [-0.2, -0.15) is 5.10 Å². The Hall–Kier alpha value is -2.97. The van der Waals surface area contributed by atoms with Crippen molar-refractivity contribution >= 4 is 18.2 Å². The van der Waals surface area contributed by atoms with Gasteiger partial charge in [-0.05, 0) is 12.1 Å². The van der Waals surface area contributed by atoms with E-state index >= 15 is 0 Å². The molecule has 0 aromatic heterocycles. The smallest absolute Gasteiger partial charge is 0.324 e. The predicted molar refractivity (Wildman–Crippen MR) is 80.5 cm³/mol. The van der Waals surface area contributed by atoms with Crippen molar-refractivity contribution in [2.24, 2.45) is 5.10 Å². The summed E-state index contributed by atoms with van der Waals surface area (Å²) in [5.41, 5.74) is 0.528. The van der Waals surface area contributed by atoms with Crippen LogP contribution in [-0.2, 0) is 9.59 Å². The second kappa shape index (κ2) is 8.47. The zero-order chi connectivity index (χ0) is 17.4. The summed E-state index contributed by atoms with van der Waals surface area (Å²) < 4.78 is 15.6. The normalized spacial score (nSPS) is 10.4. The number of carbonyl (C=O) groups is 2. The van der Waals surface area contributed by atoms with Crippen LogP contribution in [0, 0.1) is 0 Å². The molecule has 0 heterocycles. The van der Waals surface area contributed by atoms with Crippen LogP contribution in [-0.4, -0.2) is 67.8 Å². The SMILES string of the molecule is COc1cc(/C=N\N(CC(=O)O)CC(=O)O)cc(OC)c1OC. The summed E-state index contributed by atoms with van der Waals surface area (Å²) >= 11 is 0. The van der Waals surface area contributed by atoms with Crippen molar-refractivity contribution in [3.63, 3.8) is 0 Å². The lowest BCUT2D eigenvalue weighted by Gasteiger charge is -2.15. The largest absolute Gasteiger partial charge is 0.493 e. The summed E-state index contributed by atoms with van der Waals surface area (Å²) in [6.45, 7) is -1.07. The summed E-state index contributed by atoms with van der Waals surface area (Å²) in [7, 11) is 4.38. The van der Waals surface area contributed by atoms with Gasteiger partial charge in [0.05, 0.1) is 27.5 Å². The summed E-state index contributed by atoms with van der Waals surface area (Å²) in [4.78, 5) is 21.4. The van der Waals surface area contributed by atoms with Crippen molar-refractivity contribution in [3.05, 3.63) is 17.7 Å². The molecule has 0 amide bonds. The second-order valence-electron chi connectivity index (χ2n) is 4.31. The lowest BCUT2D eigenvalue weighted by Crippen LogP contribution is -2.30. The number of hydrogen-bond donors (Lipinski definition) is 2. The fraction of sp³-hybridized carbons (Fsp3) is 0.357. The monoisotopic (exact) mass is 326 g/mol. The van der Waals surface area contributed by atoms with Gasteiger partial charge < -0.3 is 24.4 Å². The molecule has 0 aliphatic rings. The molecule has 0 fully saturated rings. The van der Waals surface area contributed by atoms with Gasteiger partial charge in [-0.3, -0.25) is 14.6 Å². The average molecular weight is 326 g/mol. The van der Waals surface area contributed by atoms with Crippen LogP contribution in [0.1, 0.15) is 5.56 Å². The molecule has 0 bridgehead atoms. The van der Waals surface area contributed by atoms with E-state index in [0.717, 1.165) is 5.01 Å². The topological polar surface area (TPSA) is 118 Å². The Labute approximate surface area is 132 Å². The van der Waals surface area contributed by atoms with E-state index in [1.54, 1.807) is 12.1 Å². The molecule has 0 spiro atoms. The molecule has 23 heavy (non-hydrogen) atoms. The number of hydrogen-bond acceptors (Lipinski definition) is 7. The first-order chi connectivity index (χ1) is 10.9. The van der Waals surface area contributed by atoms with Crippen molar-refractivity contribution in [3.8, 4) is 17.2 Å². The highest BCUT2D eigenvalue weighted by Gasteiger charge is 2.14. The Morgan fingerprint density at radius 2 is 1.52 bits per heavy atom. The molecule has 0 radical (unpaired) electrons. The third kappa shape index (κ3) is 5.38. The second-order valence-corrected chi connectivity index (χ2v) is 4.31. The summed E-state index contributed by atoms with van der Waals surface area (Å²) in [5.74, 6) is -1.17. The first-order valence-corrected chi connectivity index (χ1v) is 6.43. The average Bonchev–Trinajstić information content (AvgIpc) is 2.50. The highest BCUT2D eigenvalue weighted by molar-refractivity contribution is 5.82. The molecular formula is C14H18N2O7. The molecule has 0 atom stereocenters. The Morgan fingerprint density at radius 1 is 1.04 bits per heavy atom. The highest BCUT2D eigenvalue weighted by Crippen LogP contribution is 2.37. The Balaban J connectivity index is 3.09. The molecule has 0 saturated carbocycles. The Bertz CT molecular complexity index is 560. The van der Waals surface area contributed by atoms with E-state index in [9.17, 15) is 9.59 Å². The maximum absolute atomic E-state index is 10.7. The number of benzene rings is 1. The maximum atomic E-state index is 10.7. The van der Waals surface area contributed by atoms with Crippen LogP contribution in [0.15, 0.2) is 17.2 Å². The lowest BCUT2D eigenvalue weighted by atomic mass is 10.2. The van der Waals surface area contributed by atoms with E-state index in [0.29, 0.717) is 22.8 Å². The molecule has 1 rings (SSSR count). The van der Waals surface area contributed by atoms with Crippen molar-refractivity contribution in [2.45, 2.75) is 0 Å². The molecule has 2 N–H and O–H groups in total. The Kier molecular flexibility index (Phi) is 6.66. The minimum Gasteiger partial charge on any atom is -0.493 e. The number of methoxy groups -OCH3 is 3. The van der Waals surface area contributed by atoms with Crippen LogP contribution in [0.3, 0.4) is 0 Å². The standard InChI is InChI=1S/C14H18N2O7/c1-21-10-4-9(5-11(22-2)14(10)23-3)6-15-16(7-12(17)18)8-13(19)20/h4-6H,7-8H2,1-3H3,(H,17,18)(H,19,20)/b15-6-. The van der Waals surface area contributed by atoms with Gasteiger partial charge in [0.15, 0.2) is 11.5 Å². The fourth-order valence-electron chi connectivity index (χ4n) is 1.77. The third-order valence-electron chi connectivity index (χ3n) is 2.69.